The highest BCUT2D eigenvalue weighted by atomic mass is 19.1. The highest BCUT2D eigenvalue weighted by Gasteiger charge is 2.33. The summed E-state index contributed by atoms with van der Waals surface area (Å²) in [6, 6.07) is 4.29. The Balaban J connectivity index is 1.91. The number of aliphatic hydroxyl groups is 1. The summed E-state index contributed by atoms with van der Waals surface area (Å²) in [6.07, 6.45) is 1.81. The molecular weight excluding hydrogens is 341 g/mol. The van der Waals surface area contributed by atoms with Crippen molar-refractivity contribution in [3.8, 4) is 0 Å². The lowest BCUT2D eigenvalue weighted by molar-refractivity contribution is -0.144. The lowest BCUT2D eigenvalue weighted by Crippen LogP contribution is -2.41. The van der Waals surface area contributed by atoms with Crippen molar-refractivity contribution in [2.24, 2.45) is 5.92 Å². The van der Waals surface area contributed by atoms with Crippen LogP contribution in [0.1, 0.15) is 18.9 Å². The van der Waals surface area contributed by atoms with Crippen molar-refractivity contribution < 1.29 is 23.9 Å². The van der Waals surface area contributed by atoms with Crippen LogP contribution in [0.3, 0.4) is 0 Å². The zero-order valence-electron chi connectivity index (χ0n) is 14.7. The lowest BCUT2D eigenvalue weighted by atomic mass is 10.1. The summed E-state index contributed by atoms with van der Waals surface area (Å²) >= 11 is 0. The van der Waals surface area contributed by atoms with E-state index in [1.54, 1.807) is 13.8 Å². The van der Waals surface area contributed by atoms with Crippen LogP contribution in [0.4, 0.5) is 10.1 Å². The molecule has 0 spiro atoms. The highest BCUT2D eigenvalue weighted by molar-refractivity contribution is 6.35. The van der Waals surface area contributed by atoms with Gasteiger partial charge in [0.25, 0.3) is 0 Å². The average molecular weight is 363 g/mol. The molecule has 140 valence electrons. The second-order valence-electron chi connectivity index (χ2n) is 6.21. The Kier molecular flexibility index (Phi) is 6.46. The molecule has 1 aromatic rings. The Morgan fingerprint density at radius 3 is 2.77 bits per heavy atom. The monoisotopic (exact) mass is 363 g/mol. The molecule has 0 aliphatic carbocycles. The maximum absolute atomic E-state index is 13.3. The molecule has 0 radical (unpaired) electrons. The third-order valence-electron chi connectivity index (χ3n) is 4.17. The van der Waals surface area contributed by atoms with Crippen LogP contribution in [0, 0.1) is 18.7 Å². The van der Waals surface area contributed by atoms with Gasteiger partial charge in [-0.1, -0.05) is 0 Å². The topological polar surface area (TPSA) is 98.7 Å². The quantitative estimate of drug-likeness (QED) is 0.693. The molecule has 1 saturated heterocycles. The molecule has 0 saturated carbocycles. The first-order valence-electron chi connectivity index (χ1n) is 8.26. The number of hydrogen-bond acceptors (Lipinski definition) is 4. The Bertz CT molecular complexity index is 748. The predicted octanol–water partition coefficient (Wildman–Crippen LogP) is 0.933. The van der Waals surface area contributed by atoms with Crippen LogP contribution in [-0.2, 0) is 14.4 Å². The first kappa shape index (κ1) is 19.6. The van der Waals surface area contributed by atoms with Crippen LogP contribution in [-0.4, -0.2) is 47.4 Å². The van der Waals surface area contributed by atoms with E-state index in [9.17, 15) is 18.8 Å². The molecule has 26 heavy (non-hydrogen) atoms. The molecule has 0 unspecified atom stereocenters. The molecule has 3 N–H and O–H groups in total. The number of likely N-dealkylation sites (tertiary alicyclic amines) is 1. The van der Waals surface area contributed by atoms with Crippen molar-refractivity contribution in [2.75, 3.05) is 25.0 Å². The second kappa shape index (κ2) is 8.57. The molecule has 1 heterocycles. The molecular formula is C18H22FN3O4. The first-order chi connectivity index (χ1) is 12.3. The van der Waals surface area contributed by atoms with Crippen molar-refractivity contribution in [3.05, 3.63) is 41.4 Å². The van der Waals surface area contributed by atoms with Gasteiger partial charge in [0, 0.05) is 24.5 Å². The van der Waals surface area contributed by atoms with E-state index in [0.29, 0.717) is 29.9 Å². The van der Waals surface area contributed by atoms with E-state index in [1.165, 1.54) is 29.2 Å². The van der Waals surface area contributed by atoms with E-state index in [-0.39, 0.29) is 24.9 Å². The Morgan fingerprint density at radius 2 is 2.12 bits per heavy atom. The van der Waals surface area contributed by atoms with Gasteiger partial charge >= 0.3 is 11.8 Å². The molecule has 8 heteroatoms. The molecule has 1 aromatic carbocycles. The van der Waals surface area contributed by atoms with Gasteiger partial charge in [-0.15, -0.1) is 0 Å². The van der Waals surface area contributed by atoms with Crippen molar-refractivity contribution in [1.29, 1.82) is 0 Å². The zero-order valence-corrected chi connectivity index (χ0v) is 14.7. The van der Waals surface area contributed by atoms with Crippen LogP contribution >= 0.6 is 0 Å². The number of nitrogens with one attached hydrogen (secondary N) is 2. The standard InChI is InChI=1S/C18H22FN3O4/c1-11-9-14(3-4-15(11)19)21-16(24)13-5-7-22(10-13)18(26)17(25)20-12(2)6-8-23/h3-4,6,9,13,23H,5,7-8,10H2,1-2H3,(H,20,25)(H,21,24)/t13-/m0/s1. The number of benzene rings is 1. The van der Waals surface area contributed by atoms with E-state index in [1.807, 2.05) is 0 Å². The Labute approximate surface area is 150 Å². The van der Waals surface area contributed by atoms with Crippen LogP contribution in [0.25, 0.3) is 0 Å². The SMILES string of the molecule is CC(=CCO)NC(=O)C(=O)N1CC[C@H](C(=O)Nc2ccc(F)c(C)c2)C1. The largest absolute Gasteiger partial charge is 0.392 e. The van der Waals surface area contributed by atoms with Gasteiger partial charge in [0.05, 0.1) is 12.5 Å². The highest BCUT2D eigenvalue weighted by Crippen LogP contribution is 2.20. The first-order valence-corrected chi connectivity index (χ1v) is 8.26. The van der Waals surface area contributed by atoms with E-state index in [4.69, 9.17) is 5.11 Å². The van der Waals surface area contributed by atoms with Gasteiger partial charge in [-0.3, -0.25) is 14.4 Å². The summed E-state index contributed by atoms with van der Waals surface area (Å²) in [7, 11) is 0. The normalized spacial score (nSPS) is 17.2. The van der Waals surface area contributed by atoms with Gasteiger partial charge in [0.1, 0.15) is 5.82 Å². The predicted molar refractivity (Wildman–Crippen MR) is 93.4 cm³/mol. The number of anilines is 1. The average Bonchev–Trinajstić information content (AvgIpc) is 3.07. The molecule has 1 fully saturated rings. The van der Waals surface area contributed by atoms with Gasteiger partial charge in [-0.2, -0.15) is 0 Å². The maximum atomic E-state index is 13.3. The Hall–Kier alpha value is -2.74. The van der Waals surface area contributed by atoms with Crippen LogP contribution in [0.15, 0.2) is 30.0 Å². The number of carbonyl (C=O) groups is 3. The van der Waals surface area contributed by atoms with Crippen molar-refractivity contribution >= 4 is 23.4 Å². The van der Waals surface area contributed by atoms with Gasteiger partial charge in [-0.25, -0.2) is 4.39 Å². The summed E-state index contributed by atoms with van der Waals surface area (Å²) in [4.78, 5) is 37.7. The molecule has 3 amide bonds. The van der Waals surface area contributed by atoms with Crippen LogP contribution < -0.4 is 10.6 Å². The van der Waals surface area contributed by atoms with Gasteiger partial charge in [-0.05, 0) is 50.1 Å². The maximum Gasteiger partial charge on any atom is 0.313 e. The number of amides is 3. The van der Waals surface area contributed by atoms with Gasteiger partial charge in [0.2, 0.25) is 5.91 Å². The van der Waals surface area contributed by atoms with Gasteiger partial charge < -0.3 is 20.6 Å². The number of aryl methyl sites for hydroxylation is 1. The molecule has 1 aliphatic heterocycles. The van der Waals surface area contributed by atoms with Crippen LogP contribution in [0.5, 0.6) is 0 Å². The number of halogens is 1. The number of carbonyl (C=O) groups excluding carboxylic acids is 3. The van der Waals surface area contributed by atoms with E-state index in [0.717, 1.165) is 0 Å². The third-order valence-corrected chi connectivity index (χ3v) is 4.17. The number of rotatable bonds is 4. The van der Waals surface area contributed by atoms with E-state index in [2.05, 4.69) is 10.6 Å². The molecule has 1 atom stereocenters. The fourth-order valence-electron chi connectivity index (χ4n) is 2.69. The van der Waals surface area contributed by atoms with Crippen LogP contribution in [0.2, 0.25) is 0 Å². The van der Waals surface area contributed by atoms with Gasteiger partial charge in [0.15, 0.2) is 0 Å². The van der Waals surface area contributed by atoms with Crippen molar-refractivity contribution in [2.45, 2.75) is 20.3 Å². The summed E-state index contributed by atoms with van der Waals surface area (Å²) < 4.78 is 13.3. The minimum Gasteiger partial charge on any atom is -0.392 e. The molecule has 7 nitrogen and oxygen atoms in total. The molecule has 0 bridgehead atoms. The minimum atomic E-state index is -0.803. The number of hydrogen-bond donors (Lipinski definition) is 3. The molecule has 2 rings (SSSR count). The van der Waals surface area contributed by atoms with Crippen molar-refractivity contribution in [3.63, 3.8) is 0 Å². The van der Waals surface area contributed by atoms with E-state index >= 15 is 0 Å². The lowest BCUT2D eigenvalue weighted by Gasteiger charge is -2.16. The molecule has 0 aromatic heterocycles. The van der Waals surface area contributed by atoms with E-state index < -0.39 is 17.7 Å². The zero-order chi connectivity index (χ0) is 19.3. The number of allylic oxidation sites excluding steroid dienone is 1. The fraction of sp³-hybridized carbons (Fsp3) is 0.389. The summed E-state index contributed by atoms with van der Waals surface area (Å²) in [5, 5.41) is 13.9. The smallest absolute Gasteiger partial charge is 0.313 e. The van der Waals surface area contributed by atoms with Crippen molar-refractivity contribution in [1.82, 2.24) is 10.2 Å². The summed E-state index contributed by atoms with van der Waals surface area (Å²) in [5.41, 5.74) is 1.29. The molecule has 1 aliphatic rings. The third kappa shape index (κ3) is 4.89. The number of aliphatic hydroxyl groups excluding tert-OH is 1. The summed E-state index contributed by atoms with van der Waals surface area (Å²) in [6.45, 7) is 3.37. The fourth-order valence-corrected chi connectivity index (χ4v) is 2.69. The second-order valence-corrected chi connectivity index (χ2v) is 6.21. The summed E-state index contributed by atoms with van der Waals surface area (Å²) in [5.74, 6) is -2.59. The minimum absolute atomic E-state index is 0.140. The number of nitrogens with zero attached hydrogens (tertiary/aromatic N) is 1. The Morgan fingerprint density at radius 1 is 1.38 bits per heavy atom.